The standard InChI is InChI=1S/C18H20FN5O4/c1-27-11-4-2-3-10(5-11)6-20-16-14-17(22-8-21-16)24(9-23-14)18-15(26)13(19)12(7-25)28-18/h2-5,8-9,12-13,15,18,25-26H,6-7H2,1H3,(H,20,21,22)/t12-,13-,15?,18-/m1/s1. The topological polar surface area (TPSA) is 115 Å². The minimum atomic E-state index is -1.69. The van der Waals surface area contributed by atoms with Crippen molar-refractivity contribution in [1.29, 1.82) is 0 Å². The molecule has 0 radical (unpaired) electrons. The van der Waals surface area contributed by atoms with Crippen LogP contribution in [0.3, 0.4) is 0 Å². The number of hydrogen-bond acceptors (Lipinski definition) is 8. The van der Waals surface area contributed by atoms with Gasteiger partial charge in [-0.25, -0.2) is 19.3 Å². The Balaban J connectivity index is 1.58. The summed E-state index contributed by atoms with van der Waals surface area (Å²) in [6, 6.07) is 7.61. The van der Waals surface area contributed by atoms with Gasteiger partial charge in [0.15, 0.2) is 29.4 Å². The second kappa shape index (κ2) is 7.66. The van der Waals surface area contributed by atoms with Crippen molar-refractivity contribution >= 4 is 17.0 Å². The van der Waals surface area contributed by atoms with E-state index in [1.165, 1.54) is 17.2 Å². The van der Waals surface area contributed by atoms with Gasteiger partial charge in [-0.1, -0.05) is 12.1 Å². The van der Waals surface area contributed by atoms with Crippen LogP contribution >= 0.6 is 0 Å². The van der Waals surface area contributed by atoms with Crippen LogP contribution in [-0.4, -0.2) is 61.8 Å². The number of nitrogens with zero attached hydrogens (tertiary/aromatic N) is 4. The molecule has 4 atom stereocenters. The number of ether oxygens (including phenoxy) is 2. The minimum absolute atomic E-state index is 0.387. The number of nitrogens with one attached hydrogen (secondary N) is 1. The van der Waals surface area contributed by atoms with Crippen LogP contribution in [0.25, 0.3) is 11.2 Å². The van der Waals surface area contributed by atoms with Gasteiger partial charge in [0.05, 0.1) is 20.0 Å². The van der Waals surface area contributed by atoms with Crippen molar-refractivity contribution in [2.45, 2.75) is 31.2 Å². The molecule has 1 fully saturated rings. The van der Waals surface area contributed by atoms with Crippen molar-refractivity contribution < 1.29 is 24.1 Å². The van der Waals surface area contributed by atoms with E-state index in [4.69, 9.17) is 9.47 Å². The molecule has 1 aliphatic rings. The van der Waals surface area contributed by atoms with E-state index < -0.39 is 31.2 Å². The molecule has 0 amide bonds. The van der Waals surface area contributed by atoms with E-state index in [0.29, 0.717) is 23.5 Å². The summed E-state index contributed by atoms with van der Waals surface area (Å²) in [5, 5.41) is 22.5. The van der Waals surface area contributed by atoms with Crippen LogP contribution in [0.5, 0.6) is 5.75 Å². The highest BCUT2D eigenvalue weighted by Crippen LogP contribution is 2.33. The number of alkyl halides is 1. The monoisotopic (exact) mass is 389 g/mol. The van der Waals surface area contributed by atoms with E-state index in [9.17, 15) is 14.6 Å². The summed E-state index contributed by atoms with van der Waals surface area (Å²) in [5.74, 6) is 1.25. The number of imidazole rings is 1. The number of aliphatic hydroxyl groups excluding tert-OH is 2. The van der Waals surface area contributed by atoms with Crippen molar-refractivity contribution in [2.24, 2.45) is 0 Å². The Kier molecular flexibility index (Phi) is 5.07. The van der Waals surface area contributed by atoms with Gasteiger partial charge in [0.2, 0.25) is 0 Å². The van der Waals surface area contributed by atoms with Gasteiger partial charge < -0.3 is 25.0 Å². The Labute approximate surface area is 159 Å². The molecule has 0 spiro atoms. The molecular weight excluding hydrogens is 369 g/mol. The van der Waals surface area contributed by atoms with Crippen molar-refractivity contribution in [1.82, 2.24) is 19.5 Å². The SMILES string of the molecule is COc1cccc(CNc2ncnc3c2ncn3[C@@H]2O[C@H](CO)[C@@H](F)C2O)c1. The summed E-state index contributed by atoms with van der Waals surface area (Å²) in [4.78, 5) is 12.7. The Morgan fingerprint density at radius 3 is 2.93 bits per heavy atom. The third-order valence-corrected chi connectivity index (χ3v) is 4.69. The molecule has 2 aromatic heterocycles. The van der Waals surface area contributed by atoms with Crippen molar-refractivity contribution in [3.8, 4) is 5.75 Å². The highest BCUT2D eigenvalue weighted by atomic mass is 19.1. The Hall–Kier alpha value is -2.82. The first-order valence-corrected chi connectivity index (χ1v) is 8.75. The second-order valence-corrected chi connectivity index (χ2v) is 6.43. The van der Waals surface area contributed by atoms with E-state index in [1.54, 1.807) is 7.11 Å². The molecule has 1 aromatic carbocycles. The maximum atomic E-state index is 14.0. The van der Waals surface area contributed by atoms with Crippen molar-refractivity contribution in [3.63, 3.8) is 0 Å². The van der Waals surface area contributed by atoms with Crippen LogP contribution in [-0.2, 0) is 11.3 Å². The minimum Gasteiger partial charge on any atom is -0.497 e. The number of hydrogen-bond donors (Lipinski definition) is 3. The van der Waals surface area contributed by atoms with Crippen LogP contribution < -0.4 is 10.1 Å². The van der Waals surface area contributed by atoms with E-state index in [-0.39, 0.29) is 0 Å². The first kappa shape index (κ1) is 18.5. The van der Waals surface area contributed by atoms with Crippen LogP contribution in [0.1, 0.15) is 11.8 Å². The molecule has 0 aliphatic carbocycles. The van der Waals surface area contributed by atoms with Crippen LogP contribution in [0.4, 0.5) is 10.2 Å². The third-order valence-electron chi connectivity index (χ3n) is 4.69. The molecule has 9 nitrogen and oxygen atoms in total. The molecule has 1 unspecified atom stereocenters. The largest absolute Gasteiger partial charge is 0.497 e. The number of anilines is 1. The van der Waals surface area contributed by atoms with E-state index in [1.807, 2.05) is 24.3 Å². The molecule has 3 heterocycles. The highest BCUT2D eigenvalue weighted by Gasteiger charge is 2.45. The predicted molar refractivity (Wildman–Crippen MR) is 97.5 cm³/mol. The lowest BCUT2D eigenvalue weighted by Gasteiger charge is -2.16. The molecule has 3 aromatic rings. The lowest BCUT2D eigenvalue weighted by Crippen LogP contribution is -2.29. The number of halogens is 1. The zero-order valence-electron chi connectivity index (χ0n) is 15.1. The number of fused-ring (bicyclic) bond motifs is 1. The first-order valence-electron chi connectivity index (χ1n) is 8.75. The summed E-state index contributed by atoms with van der Waals surface area (Å²) < 4.78 is 26.1. The fraction of sp³-hybridized carbons (Fsp3) is 0.389. The zero-order valence-corrected chi connectivity index (χ0v) is 15.1. The first-order chi connectivity index (χ1) is 13.6. The average molecular weight is 389 g/mol. The highest BCUT2D eigenvalue weighted by molar-refractivity contribution is 5.82. The number of rotatable bonds is 6. The van der Waals surface area contributed by atoms with E-state index in [0.717, 1.165) is 11.3 Å². The summed E-state index contributed by atoms with van der Waals surface area (Å²) in [5.41, 5.74) is 1.84. The third kappa shape index (κ3) is 3.26. The maximum absolute atomic E-state index is 14.0. The van der Waals surface area contributed by atoms with E-state index in [2.05, 4.69) is 20.3 Å². The lowest BCUT2D eigenvalue weighted by atomic mass is 10.1. The van der Waals surface area contributed by atoms with Crippen LogP contribution in [0, 0.1) is 0 Å². The van der Waals surface area contributed by atoms with E-state index >= 15 is 0 Å². The molecule has 3 N–H and O–H groups in total. The number of aliphatic hydroxyl groups is 2. The van der Waals surface area contributed by atoms with Crippen molar-refractivity contribution in [3.05, 3.63) is 42.5 Å². The summed E-state index contributed by atoms with van der Waals surface area (Å²) in [6.45, 7) is -0.0401. The van der Waals surface area contributed by atoms with Gasteiger partial charge in [-0.3, -0.25) is 4.57 Å². The molecule has 1 aliphatic heterocycles. The quantitative estimate of drug-likeness (QED) is 0.573. The zero-order chi connectivity index (χ0) is 19.7. The maximum Gasteiger partial charge on any atom is 0.167 e. The molecule has 0 saturated carbocycles. The predicted octanol–water partition coefficient (Wildman–Crippen LogP) is 1.04. The summed E-state index contributed by atoms with van der Waals surface area (Å²) >= 11 is 0. The van der Waals surface area contributed by atoms with Gasteiger partial charge in [-0.2, -0.15) is 0 Å². The summed E-state index contributed by atoms with van der Waals surface area (Å²) in [6.07, 6.45) is -2.48. The van der Waals surface area contributed by atoms with Crippen LogP contribution in [0.2, 0.25) is 0 Å². The number of methoxy groups -OCH3 is 1. The fourth-order valence-corrected chi connectivity index (χ4v) is 3.22. The van der Waals surface area contributed by atoms with Gasteiger partial charge >= 0.3 is 0 Å². The summed E-state index contributed by atoms with van der Waals surface area (Å²) in [7, 11) is 1.61. The Morgan fingerprint density at radius 2 is 2.18 bits per heavy atom. The van der Waals surface area contributed by atoms with Gasteiger partial charge in [0, 0.05) is 6.54 Å². The Bertz CT molecular complexity index is 968. The van der Waals surface area contributed by atoms with Gasteiger partial charge in [0.1, 0.15) is 24.3 Å². The van der Waals surface area contributed by atoms with Gasteiger partial charge in [-0.15, -0.1) is 0 Å². The molecule has 10 heteroatoms. The molecule has 0 bridgehead atoms. The molecule has 4 rings (SSSR count). The van der Waals surface area contributed by atoms with Gasteiger partial charge in [0.25, 0.3) is 0 Å². The lowest BCUT2D eigenvalue weighted by molar-refractivity contribution is -0.0495. The molecule has 1 saturated heterocycles. The van der Waals surface area contributed by atoms with Crippen molar-refractivity contribution in [2.75, 3.05) is 19.0 Å². The molecule has 148 valence electrons. The fourth-order valence-electron chi connectivity index (χ4n) is 3.22. The molecule has 28 heavy (non-hydrogen) atoms. The smallest absolute Gasteiger partial charge is 0.167 e. The average Bonchev–Trinajstić information content (AvgIpc) is 3.28. The number of benzene rings is 1. The molecular formula is C18H20FN5O4. The Morgan fingerprint density at radius 1 is 1.32 bits per heavy atom. The normalized spacial score (nSPS) is 24.6. The van der Waals surface area contributed by atoms with Gasteiger partial charge in [-0.05, 0) is 17.7 Å². The number of aromatic nitrogens is 4. The second-order valence-electron chi connectivity index (χ2n) is 6.43. The van der Waals surface area contributed by atoms with Crippen LogP contribution in [0.15, 0.2) is 36.9 Å².